The molecule has 0 amide bonds. The van der Waals surface area contributed by atoms with Gasteiger partial charge in [0, 0.05) is 31.9 Å². The summed E-state index contributed by atoms with van der Waals surface area (Å²) < 4.78 is 0. The van der Waals surface area contributed by atoms with Crippen LogP contribution in [0.25, 0.3) is 0 Å². The highest BCUT2D eigenvalue weighted by Crippen LogP contribution is 2.28. The minimum atomic E-state index is 0.730. The van der Waals surface area contributed by atoms with Crippen molar-refractivity contribution in [1.82, 2.24) is 9.97 Å². The Balaban J connectivity index is 2.08. The maximum atomic E-state index is 4.58. The first-order valence-electron chi connectivity index (χ1n) is 6.49. The van der Waals surface area contributed by atoms with Crippen molar-refractivity contribution < 1.29 is 0 Å². The van der Waals surface area contributed by atoms with Crippen LogP contribution in [0.2, 0.25) is 0 Å². The van der Waals surface area contributed by atoms with Crippen molar-refractivity contribution in [3.8, 4) is 0 Å². The van der Waals surface area contributed by atoms with Gasteiger partial charge in [-0.1, -0.05) is 6.42 Å². The van der Waals surface area contributed by atoms with Crippen molar-refractivity contribution in [2.24, 2.45) is 5.92 Å². The Labute approximate surface area is 103 Å². The molecule has 2 rings (SSSR count). The first-order valence-corrected chi connectivity index (χ1v) is 6.49. The monoisotopic (exact) mass is 234 g/mol. The molecule has 0 radical (unpaired) electrons. The van der Waals surface area contributed by atoms with Gasteiger partial charge < -0.3 is 10.2 Å². The van der Waals surface area contributed by atoms with Gasteiger partial charge in [0.1, 0.15) is 5.82 Å². The molecule has 0 aromatic carbocycles. The molecule has 4 heteroatoms. The molecule has 0 saturated heterocycles. The largest absolute Gasteiger partial charge is 0.359 e. The summed E-state index contributed by atoms with van der Waals surface area (Å²) in [7, 11) is 2.13. The fourth-order valence-corrected chi connectivity index (χ4v) is 2.21. The molecule has 0 unspecified atom stereocenters. The highest BCUT2D eigenvalue weighted by atomic mass is 15.2. The molecule has 94 valence electrons. The lowest BCUT2D eigenvalue weighted by Crippen LogP contribution is -2.30. The maximum Gasteiger partial charge on any atom is 0.224 e. The fourth-order valence-electron chi connectivity index (χ4n) is 2.21. The van der Waals surface area contributed by atoms with Crippen molar-refractivity contribution in [3.63, 3.8) is 0 Å². The van der Waals surface area contributed by atoms with Crippen LogP contribution in [-0.2, 0) is 0 Å². The van der Waals surface area contributed by atoms with Crippen molar-refractivity contribution in [1.29, 1.82) is 0 Å². The molecule has 1 aromatic heterocycles. The van der Waals surface area contributed by atoms with Crippen LogP contribution in [0.1, 0.15) is 31.7 Å². The minimum absolute atomic E-state index is 0.730. The Hall–Kier alpha value is -1.32. The average Bonchev–Trinajstić information content (AvgIpc) is 2.26. The number of rotatable bonds is 5. The van der Waals surface area contributed by atoms with E-state index in [2.05, 4.69) is 41.1 Å². The summed E-state index contributed by atoms with van der Waals surface area (Å²) in [5.41, 5.74) is 1.15. The van der Waals surface area contributed by atoms with E-state index in [9.17, 15) is 0 Å². The molecule has 1 aliphatic rings. The topological polar surface area (TPSA) is 41.1 Å². The summed E-state index contributed by atoms with van der Waals surface area (Å²) in [6.07, 6.45) is 6.03. The number of nitrogens with zero attached hydrogens (tertiary/aromatic N) is 3. The summed E-state index contributed by atoms with van der Waals surface area (Å²) in [4.78, 5) is 11.1. The van der Waals surface area contributed by atoms with E-state index in [0.29, 0.717) is 0 Å². The third-order valence-corrected chi connectivity index (χ3v) is 3.40. The van der Waals surface area contributed by atoms with Gasteiger partial charge in [-0.25, -0.2) is 4.98 Å². The summed E-state index contributed by atoms with van der Waals surface area (Å²) in [6, 6.07) is 0. The third-order valence-electron chi connectivity index (χ3n) is 3.40. The summed E-state index contributed by atoms with van der Waals surface area (Å²) in [5, 5.41) is 3.16. The molecule has 0 bridgehead atoms. The zero-order chi connectivity index (χ0) is 12.3. The highest BCUT2D eigenvalue weighted by molar-refractivity contribution is 5.48. The first kappa shape index (κ1) is 12.1. The van der Waals surface area contributed by atoms with Crippen molar-refractivity contribution in [3.05, 3.63) is 11.8 Å². The van der Waals surface area contributed by atoms with E-state index in [-0.39, 0.29) is 0 Å². The quantitative estimate of drug-likeness (QED) is 0.849. The molecule has 1 heterocycles. The smallest absolute Gasteiger partial charge is 0.224 e. The number of anilines is 2. The van der Waals surface area contributed by atoms with E-state index < -0.39 is 0 Å². The van der Waals surface area contributed by atoms with Gasteiger partial charge in [-0.05, 0) is 32.6 Å². The summed E-state index contributed by atoms with van der Waals surface area (Å²) >= 11 is 0. The lowest BCUT2D eigenvalue weighted by molar-refractivity contribution is 0.321. The normalized spacial score (nSPS) is 15.5. The van der Waals surface area contributed by atoms with Crippen molar-refractivity contribution in [2.45, 2.75) is 33.1 Å². The Morgan fingerprint density at radius 1 is 1.47 bits per heavy atom. The van der Waals surface area contributed by atoms with Gasteiger partial charge in [0.05, 0.1) is 0 Å². The number of nitrogens with one attached hydrogen (secondary N) is 1. The Bertz CT molecular complexity index is 374. The number of hydrogen-bond acceptors (Lipinski definition) is 4. The maximum absolute atomic E-state index is 4.58. The van der Waals surface area contributed by atoms with Crippen LogP contribution in [0.4, 0.5) is 11.8 Å². The van der Waals surface area contributed by atoms with Gasteiger partial charge in [-0.15, -0.1) is 0 Å². The SMILES string of the molecule is CCNc1ncc(C)c(N(C)CC2CCC2)n1. The zero-order valence-corrected chi connectivity index (χ0v) is 11.0. The van der Waals surface area contributed by atoms with E-state index in [1.807, 2.05) is 6.20 Å². The van der Waals surface area contributed by atoms with Crippen LogP contribution < -0.4 is 10.2 Å². The van der Waals surface area contributed by atoms with Crippen LogP contribution in [0, 0.1) is 12.8 Å². The van der Waals surface area contributed by atoms with Gasteiger partial charge in [0.15, 0.2) is 0 Å². The van der Waals surface area contributed by atoms with E-state index in [0.717, 1.165) is 36.3 Å². The van der Waals surface area contributed by atoms with Crippen LogP contribution >= 0.6 is 0 Å². The van der Waals surface area contributed by atoms with E-state index in [4.69, 9.17) is 0 Å². The van der Waals surface area contributed by atoms with E-state index in [1.165, 1.54) is 19.3 Å². The number of aromatic nitrogens is 2. The predicted octanol–water partition coefficient (Wildman–Crippen LogP) is 2.45. The van der Waals surface area contributed by atoms with Crippen LogP contribution in [-0.4, -0.2) is 30.1 Å². The fraction of sp³-hybridized carbons (Fsp3) is 0.692. The Morgan fingerprint density at radius 3 is 2.82 bits per heavy atom. The molecule has 1 N–H and O–H groups in total. The molecule has 1 aromatic rings. The van der Waals surface area contributed by atoms with Crippen molar-refractivity contribution >= 4 is 11.8 Å². The molecule has 0 atom stereocenters. The molecule has 0 aliphatic heterocycles. The van der Waals surface area contributed by atoms with Gasteiger partial charge >= 0.3 is 0 Å². The average molecular weight is 234 g/mol. The van der Waals surface area contributed by atoms with Crippen molar-refractivity contribution in [2.75, 3.05) is 30.4 Å². The van der Waals surface area contributed by atoms with Crippen LogP contribution in [0.5, 0.6) is 0 Å². The summed E-state index contributed by atoms with van der Waals surface area (Å²) in [5.74, 6) is 2.65. The van der Waals surface area contributed by atoms with Gasteiger partial charge in [-0.2, -0.15) is 4.98 Å². The molecule has 1 saturated carbocycles. The van der Waals surface area contributed by atoms with Gasteiger partial charge in [0.2, 0.25) is 5.95 Å². The lowest BCUT2D eigenvalue weighted by atomic mass is 9.85. The van der Waals surface area contributed by atoms with Crippen LogP contribution in [0.15, 0.2) is 6.20 Å². The third kappa shape index (κ3) is 2.87. The highest BCUT2D eigenvalue weighted by Gasteiger charge is 2.20. The lowest BCUT2D eigenvalue weighted by Gasteiger charge is -2.31. The zero-order valence-electron chi connectivity index (χ0n) is 11.0. The second-order valence-electron chi connectivity index (χ2n) is 4.91. The molecular weight excluding hydrogens is 212 g/mol. The molecule has 0 spiro atoms. The Kier molecular flexibility index (Phi) is 3.82. The summed E-state index contributed by atoms with van der Waals surface area (Å²) in [6.45, 7) is 6.10. The van der Waals surface area contributed by atoms with Gasteiger partial charge in [-0.3, -0.25) is 0 Å². The molecule has 1 fully saturated rings. The number of aryl methyl sites for hydroxylation is 1. The molecule has 1 aliphatic carbocycles. The van der Waals surface area contributed by atoms with E-state index >= 15 is 0 Å². The van der Waals surface area contributed by atoms with Crippen LogP contribution in [0.3, 0.4) is 0 Å². The first-order chi connectivity index (χ1) is 8.20. The second-order valence-corrected chi connectivity index (χ2v) is 4.91. The standard InChI is InChI=1S/C13H22N4/c1-4-14-13-15-8-10(2)12(16-13)17(3)9-11-6-5-7-11/h8,11H,4-7,9H2,1-3H3,(H,14,15,16). The molecule has 17 heavy (non-hydrogen) atoms. The predicted molar refractivity (Wildman–Crippen MR) is 71.5 cm³/mol. The molecule has 4 nitrogen and oxygen atoms in total. The van der Waals surface area contributed by atoms with Gasteiger partial charge in [0.25, 0.3) is 0 Å². The number of hydrogen-bond donors (Lipinski definition) is 1. The second kappa shape index (κ2) is 5.34. The molecular formula is C13H22N4. The van der Waals surface area contributed by atoms with E-state index in [1.54, 1.807) is 0 Å². The Morgan fingerprint density at radius 2 is 2.24 bits per heavy atom. The minimum Gasteiger partial charge on any atom is -0.359 e.